The zero-order valence-corrected chi connectivity index (χ0v) is 12.6. The van der Waals surface area contributed by atoms with E-state index in [0.717, 1.165) is 0 Å². The number of ether oxygens (including phenoxy) is 1. The van der Waals surface area contributed by atoms with Crippen molar-refractivity contribution in [3.05, 3.63) is 73.9 Å². The highest BCUT2D eigenvalue weighted by Gasteiger charge is 2.36. The molecule has 0 radical (unpaired) electrons. The number of hydrogen-bond acceptors (Lipinski definition) is 5. The van der Waals surface area contributed by atoms with Gasteiger partial charge in [-0.15, -0.1) is 0 Å². The van der Waals surface area contributed by atoms with Crippen molar-refractivity contribution in [2.45, 2.75) is 12.8 Å². The van der Waals surface area contributed by atoms with E-state index in [1.807, 2.05) is 6.07 Å². The molecule has 3 rings (SSSR count). The van der Waals surface area contributed by atoms with Gasteiger partial charge in [-0.1, -0.05) is 17.7 Å². The highest BCUT2D eigenvalue weighted by atomic mass is 35.5. The predicted octanol–water partition coefficient (Wildman–Crippen LogP) is 2.96. The Bertz CT molecular complexity index is 923. The molecule has 1 aromatic heterocycles. The summed E-state index contributed by atoms with van der Waals surface area (Å²) in [6.07, 6.45) is 0. The second-order valence-corrected chi connectivity index (χ2v) is 5.39. The minimum Gasteiger partial charge on any atom is -0.440 e. The fourth-order valence-electron chi connectivity index (χ4n) is 2.59. The molecule has 1 atom stereocenters. The molecule has 0 unspecified atom stereocenters. The quantitative estimate of drug-likeness (QED) is 0.867. The average Bonchev–Trinajstić information content (AvgIpc) is 2.46. The number of benzene rings is 1. The average molecular weight is 333 g/mol. The molecule has 2 aromatic rings. The van der Waals surface area contributed by atoms with Gasteiger partial charge in [0.25, 0.3) is 0 Å². The zero-order valence-electron chi connectivity index (χ0n) is 11.9. The van der Waals surface area contributed by atoms with Crippen LogP contribution in [0.4, 0.5) is 4.39 Å². The van der Waals surface area contributed by atoms with Gasteiger partial charge < -0.3 is 14.9 Å². The second-order valence-electron chi connectivity index (χ2n) is 4.98. The molecule has 2 N–H and O–H groups in total. The fraction of sp³-hybridized carbons (Fsp3) is 0.125. The van der Waals surface area contributed by atoms with E-state index in [-0.39, 0.29) is 33.4 Å². The van der Waals surface area contributed by atoms with Gasteiger partial charge in [0.05, 0.1) is 11.5 Å². The Kier molecular flexibility index (Phi) is 3.58. The molecule has 23 heavy (non-hydrogen) atoms. The molecular formula is C16H10ClFN2O3. The van der Waals surface area contributed by atoms with E-state index in [2.05, 4.69) is 0 Å². The monoisotopic (exact) mass is 332 g/mol. The van der Waals surface area contributed by atoms with E-state index in [1.54, 1.807) is 6.92 Å². The first-order valence-electron chi connectivity index (χ1n) is 6.60. The summed E-state index contributed by atoms with van der Waals surface area (Å²) in [6.45, 7) is 1.57. The first kappa shape index (κ1) is 15.1. The fourth-order valence-corrected chi connectivity index (χ4v) is 2.87. The normalized spacial score (nSPS) is 16.5. The SMILES string of the molecule is Cc1cc2c(c(=O)o1)[C@@H](c1c(F)cccc1Cl)C(C#N)=C(N)O2. The molecular weight excluding hydrogens is 323 g/mol. The van der Waals surface area contributed by atoms with Crippen LogP contribution in [0.15, 0.2) is 44.9 Å². The van der Waals surface area contributed by atoms with Crippen LogP contribution < -0.4 is 16.1 Å². The van der Waals surface area contributed by atoms with Crippen molar-refractivity contribution in [3.63, 3.8) is 0 Å². The topological polar surface area (TPSA) is 89.2 Å². The molecule has 7 heteroatoms. The number of rotatable bonds is 1. The minimum atomic E-state index is -1.09. The minimum absolute atomic E-state index is 0.00616. The number of aryl methyl sites for hydroxylation is 1. The third kappa shape index (κ3) is 2.35. The number of hydrogen-bond donors (Lipinski definition) is 1. The molecule has 0 spiro atoms. The molecule has 2 heterocycles. The first-order valence-corrected chi connectivity index (χ1v) is 6.98. The van der Waals surface area contributed by atoms with Gasteiger partial charge >= 0.3 is 5.63 Å². The van der Waals surface area contributed by atoms with Crippen molar-refractivity contribution >= 4 is 11.6 Å². The van der Waals surface area contributed by atoms with Crippen molar-refractivity contribution in [3.8, 4) is 11.8 Å². The van der Waals surface area contributed by atoms with Crippen LogP contribution in [0.25, 0.3) is 0 Å². The summed E-state index contributed by atoms with van der Waals surface area (Å²) in [5, 5.41) is 9.45. The lowest BCUT2D eigenvalue weighted by molar-refractivity contribution is 0.370. The van der Waals surface area contributed by atoms with Gasteiger partial charge in [-0.25, -0.2) is 9.18 Å². The third-order valence-corrected chi connectivity index (χ3v) is 3.87. The van der Waals surface area contributed by atoms with Gasteiger partial charge in [0.15, 0.2) is 0 Å². The lowest BCUT2D eigenvalue weighted by atomic mass is 9.84. The molecule has 1 aliphatic rings. The summed E-state index contributed by atoms with van der Waals surface area (Å²) in [7, 11) is 0. The smallest absolute Gasteiger partial charge is 0.343 e. The van der Waals surface area contributed by atoms with Crippen molar-refractivity contribution in [1.82, 2.24) is 0 Å². The molecule has 116 valence electrons. The first-order chi connectivity index (χ1) is 10.9. The van der Waals surface area contributed by atoms with Crippen molar-refractivity contribution in [1.29, 1.82) is 5.26 Å². The van der Waals surface area contributed by atoms with E-state index in [9.17, 15) is 14.4 Å². The van der Waals surface area contributed by atoms with Crippen molar-refractivity contribution < 1.29 is 13.5 Å². The van der Waals surface area contributed by atoms with E-state index >= 15 is 0 Å². The van der Waals surface area contributed by atoms with Crippen LogP contribution >= 0.6 is 11.6 Å². The van der Waals surface area contributed by atoms with Crippen molar-refractivity contribution in [2.24, 2.45) is 5.73 Å². The van der Waals surface area contributed by atoms with Gasteiger partial charge in [-0.05, 0) is 19.1 Å². The van der Waals surface area contributed by atoms with E-state index in [1.165, 1.54) is 24.3 Å². The summed E-state index contributed by atoms with van der Waals surface area (Å²) in [6, 6.07) is 7.41. The number of fused-ring (bicyclic) bond motifs is 1. The zero-order chi connectivity index (χ0) is 16.7. The largest absolute Gasteiger partial charge is 0.440 e. The summed E-state index contributed by atoms with van der Waals surface area (Å²) in [5.74, 6) is -1.51. The molecule has 0 bridgehead atoms. The summed E-state index contributed by atoms with van der Waals surface area (Å²) in [4.78, 5) is 12.3. The maximum absolute atomic E-state index is 14.3. The lowest BCUT2D eigenvalue weighted by Crippen LogP contribution is -2.27. The second kappa shape index (κ2) is 5.45. The molecule has 1 aromatic carbocycles. The van der Waals surface area contributed by atoms with Crippen LogP contribution in [0.1, 0.15) is 22.8 Å². The standard InChI is InChI=1S/C16H10ClFN2O3/c1-7-5-11-14(16(21)22-7)12(8(6-19)15(20)23-11)13-9(17)3-2-4-10(13)18/h2-5,12H,20H2,1H3/t12-/m1/s1. The van der Waals surface area contributed by atoms with Gasteiger partial charge in [0.2, 0.25) is 5.88 Å². The molecule has 5 nitrogen and oxygen atoms in total. The lowest BCUT2D eigenvalue weighted by Gasteiger charge is -2.26. The van der Waals surface area contributed by atoms with Crippen molar-refractivity contribution in [2.75, 3.05) is 0 Å². The predicted molar refractivity (Wildman–Crippen MR) is 80.4 cm³/mol. The Labute approximate surface area is 135 Å². The Hall–Kier alpha value is -2.78. The Balaban J connectivity index is 2.40. The van der Waals surface area contributed by atoms with Crippen LogP contribution in [0.5, 0.6) is 5.75 Å². The van der Waals surface area contributed by atoms with Crippen LogP contribution in [0.3, 0.4) is 0 Å². The number of nitriles is 1. The summed E-state index contributed by atoms with van der Waals surface area (Å²) < 4.78 is 24.7. The number of halogens is 2. The molecule has 0 saturated heterocycles. The highest BCUT2D eigenvalue weighted by Crippen LogP contribution is 2.43. The molecule has 0 fully saturated rings. The highest BCUT2D eigenvalue weighted by molar-refractivity contribution is 6.31. The molecule has 0 saturated carbocycles. The Morgan fingerprint density at radius 3 is 2.78 bits per heavy atom. The van der Waals surface area contributed by atoms with E-state index < -0.39 is 17.4 Å². The third-order valence-electron chi connectivity index (χ3n) is 3.54. The number of nitrogens with zero attached hydrogens (tertiary/aromatic N) is 1. The molecule has 0 amide bonds. The number of nitrogens with two attached hydrogens (primary N) is 1. The van der Waals surface area contributed by atoms with E-state index in [4.69, 9.17) is 26.5 Å². The Morgan fingerprint density at radius 2 is 2.13 bits per heavy atom. The number of allylic oxidation sites excluding steroid dienone is 1. The van der Waals surface area contributed by atoms with Crippen LogP contribution in [0, 0.1) is 24.1 Å². The van der Waals surface area contributed by atoms with Gasteiger partial charge in [-0.3, -0.25) is 0 Å². The van der Waals surface area contributed by atoms with Gasteiger partial charge in [0, 0.05) is 16.7 Å². The van der Waals surface area contributed by atoms with E-state index in [0.29, 0.717) is 5.76 Å². The maximum atomic E-state index is 14.3. The molecule has 1 aliphatic heterocycles. The maximum Gasteiger partial charge on any atom is 0.343 e. The van der Waals surface area contributed by atoms with Gasteiger partial charge in [0.1, 0.15) is 29.0 Å². The Morgan fingerprint density at radius 1 is 1.39 bits per heavy atom. The van der Waals surface area contributed by atoms with Crippen LogP contribution in [0.2, 0.25) is 5.02 Å². The summed E-state index contributed by atoms with van der Waals surface area (Å²) >= 11 is 6.10. The summed E-state index contributed by atoms with van der Waals surface area (Å²) in [5.41, 5.74) is 4.92. The van der Waals surface area contributed by atoms with Crippen LogP contribution in [-0.2, 0) is 0 Å². The molecule has 0 aliphatic carbocycles. The van der Waals surface area contributed by atoms with Crippen LogP contribution in [-0.4, -0.2) is 0 Å². The van der Waals surface area contributed by atoms with Gasteiger partial charge in [-0.2, -0.15) is 5.26 Å².